The third-order valence-corrected chi connectivity index (χ3v) is 4.11. The molecule has 0 radical (unpaired) electrons. The maximum Gasteiger partial charge on any atom is 0.319 e. The minimum Gasteiger partial charge on any atom is -0.495 e. The van der Waals surface area contributed by atoms with Crippen molar-refractivity contribution in [3.05, 3.63) is 54.1 Å². The lowest BCUT2D eigenvalue weighted by molar-refractivity contribution is 0.1000. The number of urea groups is 1. The largest absolute Gasteiger partial charge is 0.495 e. The molecule has 0 saturated carbocycles. The monoisotopic (exact) mass is 356 g/mol. The first kappa shape index (κ1) is 19.1. The fourth-order valence-electron chi connectivity index (χ4n) is 2.42. The Hall–Kier alpha value is -3.22. The van der Waals surface area contributed by atoms with Crippen molar-refractivity contribution in [2.75, 3.05) is 30.9 Å². The molecule has 4 N–H and O–H groups in total. The van der Waals surface area contributed by atoms with Gasteiger partial charge in [-0.25, -0.2) is 4.79 Å². The van der Waals surface area contributed by atoms with Gasteiger partial charge in [-0.3, -0.25) is 4.79 Å². The van der Waals surface area contributed by atoms with Crippen LogP contribution in [-0.2, 0) is 0 Å². The van der Waals surface area contributed by atoms with Crippen molar-refractivity contribution in [3.63, 3.8) is 0 Å². The molecular formula is C19H24N4O3. The highest BCUT2D eigenvalue weighted by molar-refractivity contribution is 5.97. The van der Waals surface area contributed by atoms with Gasteiger partial charge in [-0.2, -0.15) is 0 Å². The number of primary amides is 1. The Balaban J connectivity index is 1.96. The number of hydrogen-bond acceptors (Lipinski definition) is 4. The normalized spacial score (nSPS) is 11.3. The van der Waals surface area contributed by atoms with E-state index in [-0.39, 0.29) is 6.04 Å². The number of para-hydroxylation sites is 1. The summed E-state index contributed by atoms with van der Waals surface area (Å²) >= 11 is 0. The van der Waals surface area contributed by atoms with E-state index in [4.69, 9.17) is 10.5 Å². The fourth-order valence-corrected chi connectivity index (χ4v) is 2.42. The molecule has 26 heavy (non-hydrogen) atoms. The van der Waals surface area contributed by atoms with Gasteiger partial charge in [0.2, 0.25) is 5.91 Å². The van der Waals surface area contributed by atoms with Crippen molar-refractivity contribution in [1.29, 1.82) is 0 Å². The molecule has 0 saturated heterocycles. The molecule has 0 heterocycles. The number of hydrogen-bond donors (Lipinski definition) is 3. The summed E-state index contributed by atoms with van der Waals surface area (Å²) in [7, 11) is 3.46. The molecule has 3 amide bonds. The molecule has 0 bridgehead atoms. The van der Waals surface area contributed by atoms with Gasteiger partial charge in [0.15, 0.2) is 0 Å². The predicted molar refractivity (Wildman–Crippen MR) is 103 cm³/mol. The summed E-state index contributed by atoms with van der Waals surface area (Å²) in [6, 6.07) is 14.2. The van der Waals surface area contributed by atoms with Crippen molar-refractivity contribution >= 4 is 23.3 Å². The van der Waals surface area contributed by atoms with Crippen LogP contribution in [0.1, 0.15) is 17.3 Å². The Morgan fingerprint density at radius 3 is 2.50 bits per heavy atom. The molecule has 7 heteroatoms. The van der Waals surface area contributed by atoms with Crippen LogP contribution in [0.5, 0.6) is 5.75 Å². The van der Waals surface area contributed by atoms with E-state index in [0.717, 1.165) is 5.69 Å². The number of nitrogens with two attached hydrogens (primary N) is 1. The van der Waals surface area contributed by atoms with Crippen LogP contribution in [0.25, 0.3) is 0 Å². The smallest absolute Gasteiger partial charge is 0.319 e. The van der Waals surface area contributed by atoms with Crippen LogP contribution >= 0.6 is 0 Å². The molecule has 7 nitrogen and oxygen atoms in total. The van der Waals surface area contributed by atoms with Crippen LogP contribution in [0.2, 0.25) is 0 Å². The zero-order chi connectivity index (χ0) is 19.1. The van der Waals surface area contributed by atoms with Crippen LogP contribution in [0, 0.1) is 0 Å². The highest BCUT2D eigenvalue weighted by Crippen LogP contribution is 2.25. The Morgan fingerprint density at radius 1 is 1.19 bits per heavy atom. The Bertz CT molecular complexity index is 765. The second-order valence-corrected chi connectivity index (χ2v) is 5.91. The summed E-state index contributed by atoms with van der Waals surface area (Å²) in [6.07, 6.45) is 0. The van der Waals surface area contributed by atoms with E-state index in [0.29, 0.717) is 23.5 Å². The lowest BCUT2D eigenvalue weighted by atomic mass is 10.2. The summed E-state index contributed by atoms with van der Waals surface area (Å²) in [5, 5.41) is 5.51. The van der Waals surface area contributed by atoms with Crippen LogP contribution in [0.4, 0.5) is 16.2 Å². The first-order valence-corrected chi connectivity index (χ1v) is 8.23. The Labute approximate surface area is 153 Å². The van der Waals surface area contributed by atoms with Gasteiger partial charge in [-0.05, 0) is 37.3 Å². The van der Waals surface area contributed by atoms with Crippen molar-refractivity contribution in [2.24, 2.45) is 5.73 Å². The number of methoxy groups -OCH3 is 1. The third kappa shape index (κ3) is 4.89. The first-order chi connectivity index (χ1) is 12.4. The molecule has 0 aliphatic heterocycles. The number of nitrogens with one attached hydrogen (secondary N) is 2. The second kappa shape index (κ2) is 8.75. The van der Waals surface area contributed by atoms with Gasteiger partial charge in [0.25, 0.3) is 0 Å². The number of amides is 3. The number of carbonyl (C=O) groups excluding carboxylic acids is 2. The standard InChI is InChI=1S/C19H24N4O3/c1-13(23(2)15-7-5-4-6-8-15)12-21-19(25)22-16-11-14(18(20)24)9-10-17(16)26-3/h4-11,13H,12H2,1-3H3,(H2,20,24)(H2,21,22,25)/t13-/m0/s1. The average Bonchev–Trinajstić information content (AvgIpc) is 2.66. The highest BCUT2D eigenvalue weighted by Gasteiger charge is 2.13. The average molecular weight is 356 g/mol. The molecule has 2 rings (SSSR count). The van der Waals surface area contributed by atoms with Crippen molar-refractivity contribution < 1.29 is 14.3 Å². The number of likely N-dealkylation sites (N-methyl/N-ethyl adjacent to an activating group) is 1. The van der Waals surface area contributed by atoms with Crippen LogP contribution in [0.3, 0.4) is 0 Å². The lowest BCUT2D eigenvalue weighted by Crippen LogP contribution is -2.41. The zero-order valence-corrected chi connectivity index (χ0v) is 15.2. The van der Waals surface area contributed by atoms with E-state index in [1.165, 1.54) is 13.2 Å². The fraction of sp³-hybridized carbons (Fsp3) is 0.263. The number of carbonyl (C=O) groups is 2. The second-order valence-electron chi connectivity index (χ2n) is 5.91. The van der Waals surface area contributed by atoms with E-state index < -0.39 is 11.9 Å². The van der Waals surface area contributed by atoms with E-state index in [1.807, 2.05) is 44.3 Å². The Morgan fingerprint density at radius 2 is 1.88 bits per heavy atom. The van der Waals surface area contributed by atoms with Crippen LogP contribution in [-0.4, -0.2) is 38.7 Å². The number of benzene rings is 2. The quantitative estimate of drug-likeness (QED) is 0.710. The maximum atomic E-state index is 12.2. The minimum absolute atomic E-state index is 0.0852. The van der Waals surface area contributed by atoms with Crippen LogP contribution in [0.15, 0.2) is 48.5 Å². The topological polar surface area (TPSA) is 96.7 Å². The molecule has 0 aliphatic rings. The molecule has 0 unspecified atom stereocenters. The number of rotatable bonds is 7. The SMILES string of the molecule is COc1ccc(C(N)=O)cc1NC(=O)NC[C@H](C)N(C)c1ccccc1. The molecule has 0 spiro atoms. The van der Waals surface area contributed by atoms with Gasteiger partial charge in [0.1, 0.15) is 5.75 Å². The van der Waals surface area contributed by atoms with Gasteiger partial charge in [-0.15, -0.1) is 0 Å². The van der Waals surface area contributed by atoms with Crippen LogP contribution < -0.4 is 26.0 Å². The number of nitrogens with zero attached hydrogens (tertiary/aromatic N) is 1. The van der Waals surface area contributed by atoms with Gasteiger partial charge >= 0.3 is 6.03 Å². The van der Waals surface area contributed by atoms with Crippen molar-refractivity contribution in [3.8, 4) is 5.75 Å². The molecule has 138 valence electrons. The minimum atomic E-state index is -0.575. The summed E-state index contributed by atoms with van der Waals surface area (Å²) in [5.41, 5.74) is 7.02. The Kier molecular flexibility index (Phi) is 6.43. The van der Waals surface area contributed by atoms with Gasteiger partial charge in [-0.1, -0.05) is 18.2 Å². The van der Waals surface area contributed by atoms with E-state index in [9.17, 15) is 9.59 Å². The third-order valence-electron chi connectivity index (χ3n) is 4.11. The number of ether oxygens (including phenoxy) is 1. The maximum absolute atomic E-state index is 12.2. The molecule has 2 aromatic rings. The molecule has 1 atom stereocenters. The first-order valence-electron chi connectivity index (χ1n) is 8.23. The summed E-state index contributed by atoms with van der Waals surface area (Å²) < 4.78 is 5.20. The molecule has 0 aromatic heterocycles. The van der Waals surface area contributed by atoms with E-state index >= 15 is 0 Å². The van der Waals surface area contributed by atoms with Gasteiger partial charge < -0.3 is 26.0 Å². The summed E-state index contributed by atoms with van der Waals surface area (Å²) in [5.74, 6) is -0.131. The van der Waals surface area contributed by atoms with Gasteiger partial charge in [0.05, 0.1) is 12.8 Å². The molecule has 2 aromatic carbocycles. The van der Waals surface area contributed by atoms with Gasteiger partial charge in [0, 0.05) is 30.9 Å². The molecule has 0 aliphatic carbocycles. The predicted octanol–water partition coefficient (Wildman–Crippen LogP) is 2.44. The molecule has 0 fully saturated rings. The van der Waals surface area contributed by atoms with Crippen molar-refractivity contribution in [1.82, 2.24) is 5.32 Å². The lowest BCUT2D eigenvalue weighted by Gasteiger charge is -2.27. The zero-order valence-electron chi connectivity index (χ0n) is 15.2. The van der Waals surface area contributed by atoms with Crippen molar-refractivity contribution in [2.45, 2.75) is 13.0 Å². The van der Waals surface area contributed by atoms with E-state index in [1.54, 1.807) is 12.1 Å². The summed E-state index contributed by atoms with van der Waals surface area (Å²) in [6.45, 7) is 2.45. The number of anilines is 2. The highest BCUT2D eigenvalue weighted by atomic mass is 16.5. The van der Waals surface area contributed by atoms with E-state index in [2.05, 4.69) is 15.5 Å². The molecular weight excluding hydrogens is 332 g/mol. The summed E-state index contributed by atoms with van der Waals surface area (Å²) in [4.78, 5) is 25.6.